The summed E-state index contributed by atoms with van der Waals surface area (Å²) in [6.45, 7) is 3.59. The quantitative estimate of drug-likeness (QED) is 0.360. The summed E-state index contributed by atoms with van der Waals surface area (Å²) in [4.78, 5) is 13.2. The maximum atomic E-state index is 13.4. The lowest BCUT2D eigenvalue weighted by atomic mass is 10.0. The molecule has 0 saturated heterocycles. The predicted molar refractivity (Wildman–Crippen MR) is 139 cm³/mol. The number of halogens is 1. The van der Waals surface area contributed by atoms with Crippen LogP contribution in [0.5, 0.6) is 5.75 Å². The summed E-state index contributed by atoms with van der Waals surface area (Å²) in [5.41, 5.74) is 2.34. The van der Waals surface area contributed by atoms with Gasteiger partial charge >= 0.3 is 0 Å². The van der Waals surface area contributed by atoms with E-state index in [1.165, 1.54) is 12.1 Å². The van der Waals surface area contributed by atoms with Gasteiger partial charge in [0.25, 0.3) is 10.0 Å². The molecule has 0 fully saturated rings. The summed E-state index contributed by atoms with van der Waals surface area (Å²) in [6.07, 6.45) is 0.659. The van der Waals surface area contributed by atoms with Gasteiger partial charge in [0, 0.05) is 3.57 Å². The van der Waals surface area contributed by atoms with E-state index in [9.17, 15) is 13.2 Å². The highest BCUT2D eigenvalue weighted by molar-refractivity contribution is 14.1. The number of rotatable bonds is 9. The Morgan fingerprint density at radius 1 is 1.06 bits per heavy atom. The Morgan fingerprint density at radius 2 is 1.73 bits per heavy atom. The van der Waals surface area contributed by atoms with E-state index >= 15 is 0 Å². The zero-order valence-electron chi connectivity index (χ0n) is 18.8. The Bertz CT molecular complexity index is 1200. The lowest BCUT2D eigenvalue weighted by Gasteiger charge is -2.26. The molecule has 0 aromatic heterocycles. The number of hydrogen-bond donors (Lipinski definition) is 1. The van der Waals surface area contributed by atoms with Crippen LogP contribution in [0.15, 0.2) is 77.7 Å². The molecule has 1 atom stereocenters. The van der Waals surface area contributed by atoms with Gasteiger partial charge in [0.1, 0.15) is 12.3 Å². The Labute approximate surface area is 209 Å². The second-order valence-corrected chi connectivity index (χ2v) is 10.7. The van der Waals surface area contributed by atoms with Crippen LogP contribution in [0.1, 0.15) is 30.5 Å². The van der Waals surface area contributed by atoms with E-state index in [0.29, 0.717) is 12.1 Å². The van der Waals surface area contributed by atoms with Crippen molar-refractivity contribution >= 4 is 44.2 Å². The zero-order valence-corrected chi connectivity index (χ0v) is 21.8. The van der Waals surface area contributed by atoms with Gasteiger partial charge in [-0.3, -0.25) is 9.10 Å². The van der Waals surface area contributed by atoms with Gasteiger partial charge in [0.2, 0.25) is 5.91 Å². The average molecular weight is 578 g/mol. The number of methoxy groups -OCH3 is 1. The molecule has 1 N–H and O–H groups in total. The molecule has 0 spiro atoms. The minimum Gasteiger partial charge on any atom is -0.496 e. The lowest BCUT2D eigenvalue weighted by Crippen LogP contribution is -2.42. The molecular weight excluding hydrogens is 551 g/mol. The summed E-state index contributed by atoms with van der Waals surface area (Å²) in [5, 5.41) is 3.00. The number of aryl methyl sites for hydroxylation is 1. The Hall–Kier alpha value is -2.59. The third-order valence-corrected chi connectivity index (χ3v) is 7.81. The molecular formula is C25H27IN2O4S. The molecule has 0 unspecified atom stereocenters. The Morgan fingerprint density at radius 3 is 2.30 bits per heavy atom. The van der Waals surface area contributed by atoms with E-state index in [-0.39, 0.29) is 23.4 Å². The summed E-state index contributed by atoms with van der Waals surface area (Å²) in [7, 11) is -2.31. The van der Waals surface area contributed by atoms with E-state index in [1.807, 2.05) is 44.2 Å². The van der Waals surface area contributed by atoms with E-state index in [1.54, 1.807) is 37.4 Å². The number of sulfonamides is 1. The van der Waals surface area contributed by atoms with Crippen LogP contribution in [0.3, 0.4) is 0 Å². The first kappa shape index (κ1) is 25.0. The highest BCUT2D eigenvalue weighted by atomic mass is 127. The number of amides is 1. The van der Waals surface area contributed by atoms with E-state index < -0.39 is 10.0 Å². The molecule has 0 heterocycles. The molecule has 3 aromatic carbocycles. The highest BCUT2D eigenvalue weighted by Crippen LogP contribution is 2.26. The SMILES string of the molecule is CC[C@@H](NC(=O)CN(c1ccc(I)cc1)S(=O)(=O)c1ccccc1)c1ccc(OC)c(C)c1. The topological polar surface area (TPSA) is 75.7 Å². The van der Waals surface area contributed by atoms with Crippen molar-refractivity contribution < 1.29 is 17.9 Å². The third kappa shape index (κ3) is 6.05. The van der Waals surface area contributed by atoms with Gasteiger partial charge < -0.3 is 10.1 Å². The average Bonchev–Trinajstić information content (AvgIpc) is 2.82. The predicted octanol–water partition coefficient (Wildman–Crippen LogP) is 5.07. The monoisotopic (exact) mass is 578 g/mol. The van der Waals surface area contributed by atoms with Gasteiger partial charge in [-0.1, -0.05) is 37.3 Å². The van der Waals surface area contributed by atoms with Crippen LogP contribution in [-0.4, -0.2) is 28.0 Å². The van der Waals surface area contributed by atoms with E-state index in [2.05, 4.69) is 27.9 Å². The summed E-state index contributed by atoms with van der Waals surface area (Å²) < 4.78 is 34.3. The van der Waals surface area contributed by atoms with Crippen molar-refractivity contribution in [2.75, 3.05) is 18.0 Å². The minimum absolute atomic E-state index is 0.133. The van der Waals surface area contributed by atoms with E-state index in [0.717, 1.165) is 24.8 Å². The van der Waals surface area contributed by atoms with Gasteiger partial charge in [-0.15, -0.1) is 0 Å². The first-order valence-electron chi connectivity index (χ1n) is 10.5. The molecule has 0 radical (unpaired) electrons. The fourth-order valence-electron chi connectivity index (χ4n) is 3.55. The first-order chi connectivity index (χ1) is 15.8. The van der Waals surface area contributed by atoms with Crippen LogP contribution in [-0.2, 0) is 14.8 Å². The second-order valence-electron chi connectivity index (χ2n) is 7.56. The Kier molecular flexibility index (Phi) is 8.36. The number of carbonyl (C=O) groups excluding carboxylic acids is 1. The fraction of sp³-hybridized carbons (Fsp3) is 0.240. The van der Waals surface area contributed by atoms with Crippen LogP contribution in [0.4, 0.5) is 5.69 Å². The normalized spacial score (nSPS) is 12.1. The largest absolute Gasteiger partial charge is 0.496 e. The molecule has 1 amide bonds. The zero-order chi connectivity index (χ0) is 24.0. The molecule has 174 valence electrons. The fourth-order valence-corrected chi connectivity index (χ4v) is 5.35. The van der Waals surface area contributed by atoms with Crippen LogP contribution in [0.2, 0.25) is 0 Å². The molecule has 0 bridgehead atoms. The van der Waals surface area contributed by atoms with Crippen molar-refractivity contribution in [2.24, 2.45) is 0 Å². The van der Waals surface area contributed by atoms with Gasteiger partial charge in [-0.25, -0.2) is 8.42 Å². The molecule has 0 aliphatic rings. The first-order valence-corrected chi connectivity index (χ1v) is 13.1. The number of nitrogens with one attached hydrogen (secondary N) is 1. The van der Waals surface area contributed by atoms with Crippen LogP contribution in [0, 0.1) is 10.5 Å². The maximum Gasteiger partial charge on any atom is 0.264 e. The van der Waals surface area contributed by atoms with Gasteiger partial charge in [0.05, 0.1) is 23.7 Å². The van der Waals surface area contributed by atoms with Gasteiger partial charge in [0.15, 0.2) is 0 Å². The number of nitrogens with zero attached hydrogens (tertiary/aromatic N) is 1. The number of hydrogen-bond acceptors (Lipinski definition) is 4. The van der Waals surface area contributed by atoms with E-state index in [4.69, 9.17) is 4.74 Å². The van der Waals surface area contributed by atoms with Crippen molar-refractivity contribution in [3.05, 3.63) is 87.5 Å². The standard InChI is InChI=1S/C25H27IN2O4S/c1-4-23(19-10-15-24(32-3)18(2)16-19)27-25(29)17-28(21-13-11-20(26)12-14-21)33(30,31)22-8-6-5-7-9-22/h5-16,23H,4,17H2,1-3H3,(H,27,29)/t23-/m1/s1. The summed E-state index contributed by atoms with van der Waals surface area (Å²) in [6, 6.07) is 20.7. The number of anilines is 1. The summed E-state index contributed by atoms with van der Waals surface area (Å²) in [5.74, 6) is 0.396. The van der Waals surface area contributed by atoms with Gasteiger partial charge in [-0.05, 0) is 89.5 Å². The highest BCUT2D eigenvalue weighted by Gasteiger charge is 2.28. The summed E-state index contributed by atoms with van der Waals surface area (Å²) >= 11 is 2.16. The molecule has 3 rings (SSSR count). The second kappa shape index (κ2) is 11.0. The number of carbonyl (C=O) groups is 1. The van der Waals surface area contributed by atoms with Gasteiger partial charge in [-0.2, -0.15) is 0 Å². The minimum atomic E-state index is -3.93. The smallest absolute Gasteiger partial charge is 0.264 e. The molecule has 33 heavy (non-hydrogen) atoms. The molecule has 0 aliphatic carbocycles. The molecule has 3 aromatic rings. The molecule has 0 saturated carbocycles. The number of benzene rings is 3. The van der Waals surface area contributed by atoms with Crippen molar-refractivity contribution in [1.82, 2.24) is 5.32 Å². The van der Waals surface area contributed by atoms with Crippen molar-refractivity contribution in [3.8, 4) is 5.75 Å². The van der Waals surface area contributed by atoms with Crippen LogP contribution < -0.4 is 14.4 Å². The van der Waals surface area contributed by atoms with Crippen LogP contribution in [0.25, 0.3) is 0 Å². The maximum absolute atomic E-state index is 13.4. The lowest BCUT2D eigenvalue weighted by molar-refractivity contribution is -0.120. The molecule has 6 nitrogen and oxygen atoms in total. The third-order valence-electron chi connectivity index (χ3n) is 5.30. The van der Waals surface area contributed by atoms with Crippen molar-refractivity contribution in [3.63, 3.8) is 0 Å². The number of ether oxygens (including phenoxy) is 1. The molecule has 8 heteroatoms. The molecule has 0 aliphatic heterocycles. The Balaban J connectivity index is 1.88. The van der Waals surface area contributed by atoms with Crippen molar-refractivity contribution in [1.29, 1.82) is 0 Å². The van der Waals surface area contributed by atoms with Crippen LogP contribution >= 0.6 is 22.6 Å². The van der Waals surface area contributed by atoms with Crippen molar-refractivity contribution in [2.45, 2.75) is 31.2 Å².